The molecule has 0 N–H and O–H groups in total. The van der Waals surface area contributed by atoms with Crippen LogP contribution in [0.3, 0.4) is 0 Å². The molecular formula is C19H25F. The number of aryl methyl sites for hydroxylation is 1. The fraction of sp³-hybridized carbons (Fsp3) is 0.474. The Hall–Kier alpha value is -1.37. The highest BCUT2D eigenvalue weighted by Crippen LogP contribution is 2.31. The Morgan fingerprint density at radius 3 is 2.50 bits per heavy atom. The minimum Gasteiger partial charge on any atom is -0.207 e. The first kappa shape index (κ1) is 15.0. The van der Waals surface area contributed by atoms with Gasteiger partial charge >= 0.3 is 0 Å². The van der Waals surface area contributed by atoms with E-state index in [4.69, 9.17) is 0 Å². The third-order valence-electron chi connectivity index (χ3n) is 4.27. The Labute approximate surface area is 122 Å². The smallest absolute Gasteiger partial charge is 0.127 e. The summed E-state index contributed by atoms with van der Waals surface area (Å²) in [5.41, 5.74) is 2.22. The predicted octanol–water partition coefficient (Wildman–Crippen LogP) is 6.23. The molecule has 2 rings (SSSR count). The molecule has 0 aromatic heterocycles. The van der Waals surface area contributed by atoms with Crippen molar-refractivity contribution in [2.45, 2.75) is 58.8 Å². The second kappa shape index (κ2) is 6.88. The van der Waals surface area contributed by atoms with E-state index in [1.54, 1.807) is 6.07 Å². The van der Waals surface area contributed by atoms with Crippen molar-refractivity contribution in [2.75, 3.05) is 0 Å². The summed E-state index contributed by atoms with van der Waals surface area (Å²) in [6.07, 6.45) is 5.79. The molecule has 2 aromatic rings. The van der Waals surface area contributed by atoms with Crippen molar-refractivity contribution in [3.63, 3.8) is 0 Å². The van der Waals surface area contributed by atoms with Crippen molar-refractivity contribution in [1.29, 1.82) is 0 Å². The predicted molar refractivity (Wildman–Crippen MR) is 85.8 cm³/mol. The van der Waals surface area contributed by atoms with Crippen LogP contribution in [0.15, 0.2) is 30.3 Å². The molecule has 2 aromatic carbocycles. The molecule has 1 heteroatoms. The quantitative estimate of drug-likeness (QED) is 0.547. The summed E-state index contributed by atoms with van der Waals surface area (Å²) in [6, 6.07) is 9.92. The van der Waals surface area contributed by atoms with E-state index in [9.17, 15) is 4.39 Å². The summed E-state index contributed by atoms with van der Waals surface area (Å²) >= 11 is 0. The zero-order valence-electron chi connectivity index (χ0n) is 12.9. The molecule has 0 saturated carbocycles. The van der Waals surface area contributed by atoms with Gasteiger partial charge in [0.15, 0.2) is 0 Å². The Bertz CT molecular complexity index is 571. The Morgan fingerprint density at radius 2 is 1.80 bits per heavy atom. The lowest BCUT2D eigenvalue weighted by molar-refractivity contribution is 0.600. The monoisotopic (exact) mass is 272 g/mol. The van der Waals surface area contributed by atoms with Crippen LogP contribution < -0.4 is 0 Å². The molecule has 0 saturated heterocycles. The molecule has 0 heterocycles. The van der Waals surface area contributed by atoms with Gasteiger partial charge in [0.05, 0.1) is 0 Å². The second-order valence-corrected chi connectivity index (χ2v) is 5.72. The van der Waals surface area contributed by atoms with Crippen LogP contribution in [0.2, 0.25) is 0 Å². The van der Waals surface area contributed by atoms with Gasteiger partial charge in [0.25, 0.3) is 0 Å². The highest BCUT2D eigenvalue weighted by molar-refractivity contribution is 5.89. The lowest BCUT2D eigenvalue weighted by Gasteiger charge is -2.16. The van der Waals surface area contributed by atoms with Gasteiger partial charge in [0, 0.05) is 0 Å². The number of unbranched alkanes of at least 4 members (excludes halogenated alkanes) is 2. The summed E-state index contributed by atoms with van der Waals surface area (Å²) in [4.78, 5) is 0. The van der Waals surface area contributed by atoms with Crippen LogP contribution in [-0.2, 0) is 6.42 Å². The number of halogens is 1. The van der Waals surface area contributed by atoms with E-state index in [2.05, 4.69) is 32.0 Å². The lowest BCUT2D eigenvalue weighted by Crippen LogP contribution is -1.98. The van der Waals surface area contributed by atoms with Gasteiger partial charge in [-0.3, -0.25) is 0 Å². The zero-order chi connectivity index (χ0) is 14.5. The van der Waals surface area contributed by atoms with Crippen LogP contribution in [0.1, 0.15) is 63.5 Å². The van der Waals surface area contributed by atoms with E-state index in [1.165, 1.54) is 36.6 Å². The summed E-state index contributed by atoms with van der Waals surface area (Å²) in [5.74, 6) is 0.469. The van der Waals surface area contributed by atoms with Crippen LogP contribution in [0.5, 0.6) is 0 Å². The summed E-state index contributed by atoms with van der Waals surface area (Å²) in [6.45, 7) is 6.55. The van der Waals surface area contributed by atoms with Crippen molar-refractivity contribution in [2.24, 2.45) is 0 Å². The van der Waals surface area contributed by atoms with E-state index in [-0.39, 0.29) is 5.82 Å². The molecule has 0 bridgehead atoms. The molecule has 108 valence electrons. The van der Waals surface area contributed by atoms with Crippen molar-refractivity contribution >= 4 is 10.8 Å². The maximum atomic E-state index is 13.9. The molecule has 0 fully saturated rings. The molecule has 0 radical (unpaired) electrons. The number of benzene rings is 2. The van der Waals surface area contributed by atoms with Crippen LogP contribution >= 0.6 is 0 Å². The summed E-state index contributed by atoms with van der Waals surface area (Å²) in [5, 5.41) is 2.32. The fourth-order valence-corrected chi connectivity index (χ4v) is 3.06. The maximum absolute atomic E-state index is 13.9. The minimum atomic E-state index is -0.0733. The Kier molecular flexibility index (Phi) is 5.17. The normalized spacial score (nSPS) is 12.8. The average molecular weight is 272 g/mol. The van der Waals surface area contributed by atoms with Crippen LogP contribution in [0.4, 0.5) is 4.39 Å². The first-order valence-corrected chi connectivity index (χ1v) is 7.89. The van der Waals surface area contributed by atoms with Crippen molar-refractivity contribution < 1.29 is 4.39 Å². The largest absolute Gasteiger partial charge is 0.207 e. The molecule has 1 unspecified atom stereocenters. The second-order valence-electron chi connectivity index (χ2n) is 5.72. The molecule has 0 aliphatic heterocycles. The van der Waals surface area contributed by atoms with E-state index in [0.29, 0.717) is 5.92 Å². The molecule has 1 atom stereocenters. The van der Waals surface area contributed by atoms with Gasteiger partial charge in [-0.1, -0.05) is 64.3 Å². The van der Waals surface area contributed by atoms with Gasteiger partial charge in [-0.15, -0.1) is 0 Å². The first-order chi connectivity index (χ1) is 9.69. The average Bonchev–Trinajstić information content (AvgIpc) is 2.46. The highest BCUT2D eigenvalue weighted by atomic mass is 19.1. The minimum absolute atomic E-state index is 0.0733. The van der Waals surface area contributed by atoms with Crippen molar-refractivity contribution in [3.8, 4) is 0 Å². The van der Waals surface area contributed by atoms with E-state index < -0.39 is 0 Å². The van der Waals surface area contributed by atoms with Crippen LogP contribution in [0.25, 0.3) is 10.8 Å². The van der Waals surface area contributed by atoms with Gasteiger partial charge in [-0.25, -0.2) is 4.39 Å². The van der Waals surface area contributed by atoms with E-state index in [1.807, 2.05) is 13.0 Å². The molecule has 0 spiro atoms. The fourth-order valence-electron chi connectivity index (χ4n) is 3.06. The lowest BCUT2D eigenvalue weighted by atomic mass is 9.89. The maximum Gasteiger partial charge on any atom is 0.127 e. The molecular weight excluding hydrogens is 247 g/mol. The zero-order valence-corrected chi connectivity index (χ0v) is 12.9. The standard InChI is InChI=1S/C19H25F/c1-4-6-7-9-14(3)16-10-8-11-17-15(5-2)19(20)13-12-18(16)17/h8,10-14H,4-7,9H2,1-3H3. The third kappa shape index (κ3) is 3.03. The molecule has 0 nitrogen and oxygen atoms in total. The highest BCUT2D eigenvalue weighted by Gasteiger charge is 2.12. The number of hydrogen-bond acceptors (Lipinski definition) is 0. The van der Waals surface area contributed by atoms with Crippen LogP contribution in [0, 0.1) is 5.82 Å². The number of fused-ring (bicyclic) bond motifs is 1. The topological polar surface area (TPSA) is 0 Å². The molecule has 0 amide bonds. The Balaban J connectivity index is 2.39. The van der Waals surface area contributed by atoms with Gasteiger partial charge < -0.3 is 0 Å². The van der Waals surface area contributed by atoms with E-state index >= 15 is 0 Å². The summed E-state index contributed by atoms with van der Waals surface area (Å²) < 4.78 is 13.9. The number of hydrogen-bond donors (Lipinski definition) is 0. The first-order valence-electron chi connectivity index (χ1n) is 7.89. The van der Waals surface area contributed by atoms with Crippen molar-refractivity contribution in [1.82, 2.24) is 0 Å². The Morgan fingerprint density at radius 1 is 1.00 bits per heavy atom. The third-order valence-corrected chi connectivity index (χ3v) is 4.27. The summed E-state index contributed by atoms with van der Waals surface area (Å²) in [7, 11) is 0. The number of rotatable bonds is 6. The molecule has 0 aliphatic carbocycles. The van der Waals surface area contributed by atoms with Crippen LogP contribution in [-0.4, -0.2) is 0 Å². The van der Waals surface area contributed by atoms with Gasteiger partial charge in [-0.05, 0) is 46.7 Å². The molecule has 20 heavy (non-hydrogen) atoms. The van der Waals surface area contributed by atoms with E-state index in [0.717, 1.165) is 17.4 Å². The van der Waals surface area contributed by atoms with Crippen molar-refractivity contribution in [3.05, 3.63) is 47.3 Å². The molecule has 0 aliphatic rings. The SMILES string of the molecule is CCCCCC(C)c1cccc2c(CC)c(F)ccc12. The van der Waals surface area contributed by atoms with Gasteiger partial charge in [-0.2, -0.15) is 0 Å². The van der Waals surface area contributed by atoms with Gasteiger partial charge in [0.2, 0.25) is 0 Å². The van der Waals surface area contributed by atoms with Gasteiger partial charge in [0.1, 0.15) is 5.82 Å².